The van der Waals surface area contributed by atoms with E-state index < -0.39 is 11.7 Å². The van der Waals surface area contributed by atoms with Gasteiger partial charge in [0.2, 0.25) is 0 Å². The van der Waals surface area contributed by atoms with E-state index in [1.807, 2.05) is 0 Å². The molecular weight excluding hydrogens is 295 g/mol. The van der Waals surface area contributed by atoms with Gasteiger partial charge in [-0.15, -0.1) is 0 Å². The number of benzene rings is 2. The van der Waals surface area contributed by atoms with Gasteiger partial charge < -0.3 is 15.8 Å². The van der Waals surface area contributed by atoms with Gasteiger partial charge in [0.15, 0.2) is 11.6 Å². The van der Waals surface area contributed by atoms with E-state index >= 15 is 0 Å². The molecule has 0 radical (unpaired) electrons. The zero-order valence-corrected chi connectivity index (χ0v) is 12.1. The summed E-state index contributed by atoms with van der Waals surface area (Å²) in [5, 5.41) is 2.87. The van der Waals surface area contributed by atoms with Crippen LogP contribution in [0.15, 0.2) is 36.4 Å². The summed E-state index contributed by atoms with van der Waals surface area (Å²) in [6.07, 6.45) is 0. The molecule has 0 aliphatic carbocycles. The highest BCUT2D eigenvalue weighted by atomic mass is 35.5. The number of ether oxygens (including phenoxy) is 1. The largest absolute Gasteiger partial charge is 0.491 e. The molecule has 0 bridgehead atoms. The Kier molecular flexibility index (Phi) is 4.65. The number of hydrogen-bond acceptors (Lipinski definition) is 3. The molecule has 2 rings (SSSR count). The van der Waals surface area contributed by atoms with Crippen molar-refractivity contribution in [2.75, 3.05) is 17.7 Å². The van der Waals surface area contributed by atoms with E-state index in [0.29, 0.717) is 28.6 Å². The van der Waals surface area contributed by atoms with E-state index in [-0.39, 0.29) is 5.75 Å². The molecule has 0 fully saturated rings. The molecule has 0 saturated carbocycles. The first-order chi connectivity index (χ1) is 10.0. The maximum Gasteiger partial charge on any atom is 0.255 e. The van der Waals surface area contributed by atoms with E-state index in [9.17, 15) is 9.18 Å². The highest BCUT2D eigenvalue weighted by Crippen LogP contribution is 2.23. The average molecular weight is 309 g/mol. The van der Waals surface area contributed by atoms with Crippen LogP contribution in [0.25, 0.3) is 0 Å². The second-order valence-corrected chi connectivity index (χ2v) is 4.68. The van der Waals surface area contributed by atoms with Crippen LogP contribution < -0.4 is 15.8 Å². The fourth-order valence-corrected chi connectivity index (χ4v) is 1.90. The zero-order chi connectivity index (χ0) is 15.4. The third kappa shape index (κ3) is 3.64. The molecule has 2 aromatic rings. The molecule has 0 spiro atoms. The van der Waals surface area contributed by atoms with E-state index in [1.54, 1.807) is 19.1 Å². The van der Waals surface area contributed by atoms with Crippen LogP contribution in [0.5, 0.6) is 5.75 Å². The Bertz CT molecular complexity index is 677. The van der Waals surface area contributed by atoms with Gasteiger partial charge in [0.05, 0.1) is 17.3 Å². The molecule has 6 heteroatoms. The second-order valence-electron chi connectivity index (χ2n) is 4.27. The smallest absolute Gasteiger partial charge is 0.255 e. The number of amides is 1. The Morgan fingerprint density at radius 1 is 1.33 bits per heavy atom. The summed E-state index contributed by atoms with van der Waals surface area (Å²) in [5.74, 6) is -0.795. The van der Waals surface area contributed by atoms with Gasteiger partial charge in [-0.25, -0.2) is 4.39 Å². The van der Waals surface area contributed by atoms with Crippen LogP contribution in [0.2, 0.25) is 5.02 Å². The molecule has 1 amide bonds. The minimum absolute atomic E-state index is 0.144. The van der Waals surface area contributed by atoms with Crippen molar-refractivity contribution in [2.45, 2.75) is 6.92 Å². The predicted molar refractivity (Wildman–Crippen MR) is 81.4 cm³/mol. The molecule has 3 N–H and O–H groups in total. The first-order valence-electron chi connectivity index (χ1n) is 6.30. The topological polar surface area (TPSA) is 64.3 Å². The van der Waals surface area contributed by atoms with Gasteiger partial charge in [-0.05, 0) is 37.3 Å². The molecule has 0 aliphatic rings. The van der Waals surface area contributed by atoms with E-state index in [0.717, 1.165) is 0 Å². The fraction of sp³-hybridized carbons (Fsp3) is 0.133. The van der Waals surface area contributed by atoms with Gasteiger partial charge >= 0.3 is 0 Å². The summed E-state index contributed by atoms with van der Waals surface area (Å²) < 4.78 is 18.8. The quantitative estimate of drug-likeness (QED) is 0.846. The maximum atomic E-state index is 13.7. The van der Waals surface area contributed by atoms with Crippen LogP contribution in [0, 0.1) is 5.82 Å². The van der Waals surface area contributed by atoms with Crippen molar-refractivity contribution >= 4 is 28.9 Å². The molecule has 0 atom stereocenters. The highest BCUT2D eigenvalue weighted by Gasteiger charge is 2.10. The summed E-state index contributed by atoms with van der Waals surface area (Å²) in [6.45, 7) is 2.13. The van der Waals surface area contributed by atoms with Crippen molar-refractivity contribution in [2.24, 2.45) is 0 Å². The molecule has 0 unspecified atom stereocenters. The van der Waals surface area contributed by atoms with Crippen LogP contribution >= 0.6 is 11.6 Å². The van der Waals surface area contributed by atoms with Crippen molar-refractivity contribution < 1.29 is 13.9 Å². The number of halogens is 2. The van der Waals surface area contributed by atoms with Crippen molar-refractivity contribution in [3.05, 3.63) is 52.8 Å². The molecular formula is C15H14ClFN2O2. The molecule has 0 heterocycles. The van der Waals surface area contributed by atoms with Gasteiger partial charge in [0, 0.05) is 17.3 Å². The lowest BCUT2D eigenvalue weighted by Gasteiger charge is -2.09. The normalized spacial score (nSPS) is 10.2. The van der Waals surface area contributed by atoms with Gasteiger partial charge in [0.1, 0.15) is 0 Å². The minimum atomic E-state index is -0.537. The van der Waals surface area contributed by atoms with Crippen LogP contribution in [0.1, 0.15) is 17.3 Å². The number of carbonyl (C=O) groups is 1. The number of carbonyl (C=O) groups excluding carboxylic acids is 1. The lowest BCUT2D eigenvalue weighted by atomic mass is 10.2. The monoisotopic (exact) mass is 308 g/mol. The zero-order valence-electron chi connectivity index (χ0n) is 11.3. The molecule has 21 heavy (non-hydrogen) atoms. The molecule has 4 nitrogen and oxygen atoms in total. The molecule has 110 valence electrons. The van der Waals surface area contributed by atoms with Crippen LogP contribution in [-0.4, -0.2) is 12.5 Å². The maximum absolute atomic E-state index is 13.7. The van der Waals surface area contributed by atoms with Crippen LogP contribution in [0.3, 0.4) is 0 Å². The Morgan fingerprint density at radius 3 is 2.71 bits per heavy atom. The van der Waals surface area contributed by atoms with Crippen molar-refractivity contribution in [1.82, 2.24) is 0 Å². The average Bonchev–Trinajstić information content (AvgIpc) is 2.45. The van der Waals surface area contributed by atoms with Crippen LogP contribution in [0.4, 0.5) is 15.8 Å². The van der Waals surface area contributed by atoms with Gasteiger partial charge in [-0.3, -0.25) is 4.79 Å². The van der Waals surface area contributed by atoms with Crippen LogP contribution in [-0.2, 0) is 0 Å². The van der Waals surface area contributed by atoms with Gasteiger partial charge in [-0.2, -0.15) is 0 Å². The molecule has 0 aromatic heterocycles. The number of nitrogens with one attached hydrogen (secondary N) is 1. The number of hydrogen-bond donors (Lipinski definition) is 2. The van der Waals surface area contributed by atoms with Crippen molar-refractivity contribution in [3.8, 4) is 5.75 Å². The third-order valence-corrected chi connectivity index (χ3v) is 3.08. The molecule has 0 saturated heterocycles. The second kappa shape index (κ2) is 6.45. The highest BCUT2D eigenvalue weighted by molar-refractivity contribution is 6.33. The number of nitrogens with two attached hydrogens (primary N) is 1. The Balaban J connectivity index is 2.15. The first-order valence-corrected chi connectivity index (χ1v) is 6.67. The Hall–Kier alpha value is -2.27. The third-order valence-electron chi connectivity index (χ3n) is 2.75. The fourth-order valence-electron chi connectivity index (χ4n) is 1.72. The van der Waals surface area contributed by atoms with E-state index in [4.69, 9.17) is 22.1 Å². The summed E-state index contributed by atoms with van der Waals surface area (Å²) >= 11 is 5.86. The van der Waals surface area contributed by atoms with E-state index in [2.05, 4.69) is 5.32 Å². The summed E-state index contributed by atoms with van der Waals surface area (Å²) in [7, 11) is 0. The van der Waals surface area contributed by atoms with E-state index in [1.165, 1.54) is 24.3 Å². The Labute approximate surface area is 126 Å². The number of nitrogen functional groups attached to an aromatic ring is 1. The van der Waals surface area contributed by atoms with Crippen molar-refractivity contribution in [3.63, 3.8) is 0 Å². The predicted octanol–water partition coefficient (Wildman–Crippen LogP) is 3.71. The summed E-state index contributed by atoms with van der Waals surface area (Å²) in [6, 6.07) is 8.76. The van der Waals surface area contributed by atoms with Gasteiger partial charge in [0.25, 0.3) is 5.91 Å². The number of anilines is 2. The lowest BCUT2D eigenvalue weighted by Crippen LogP contribution is -2.12. The van der Waals surface area contributed by atoms with Gasteiger partial charge in [-0.1, -0.05) is 11.6 Å². The Morgan fingerprint density at radius 2 is 2.10 bits per heavy atom. The summed E-state index contributed by atoms with van der Waals surface area (Å²) in [4.78, 5) is 12.0. The minimum Gasteiger partial charge on any atom is -0.491 e. The molecule has 2 aromatic carbocycles. The SMILES string of the molecule is CCOc1ccc(NC(=O)c2ccc(N)c(Cl)c2)cc1F. The number of rotatable bonds is 4. The van der Waals surface area contributed by atoms with Crippen molar-refractivity contribution in [1.29, 1.82) is 0 Å². The molecule has 0 aliphatic heterocycles. The standard InChI is InChI=1S/C15H14ClFN2O2/c1-2-21-14-6-4-10(8-12(14)17)19-15(20)9-3-5-13(18)11(16)7-9/h3-8H,2,18H2,1H3,(H,19,20). The summed E-state index contributed by atoms with van der Waals surface area (Å²) in [5.41, 5.74) is 6.63. The lowest BCUT2D eigenvalue weighted by molar-refractivity contribution is 0.102. The first kappa shape index (κ1) is 15.1.